The Morgan fingerprint density at radius 2 is 2.23 bits per heavy atom. The van der Waals surface area contributed by atoms with Crippen LogP contribution in [0.2, 0.25) is 0 Å². The van der Waals surface area contributed by atoms with Crippen LogP contribution in [0, 0.1) is 0 Å². The Bertz CT molecular complexity index is 520. The zero-order chi connectivity index (χ0) is 16.2. The van der Waals surface area contributed by atoms with Gasteiger partial charge in [0.1, 0.15) is 0 Å². The fraction of sp³-hybridized carbons (Fsp3) is 0.533. The van der Waals surface area contributed by atoms with Crippen LogP contribution in [-0.4, -0.2) is 44.1 Å². The molecular weight excluding hydrogens is 297 g/mol. The summed E-state index contributed by atoms with van der Waals surface area (Å²) in [6.45, 7) is 2.16. The Balaban J connectivity index is 2.01. The minimum atomic E-state index is -4.36. The van der Waals surface area contributed by atoms with E-state index in [-0.39, 0.29) is 5.91 Å². The maximum Gasteiger partial charge on any atom is 0.416 e. The zero-order valence-electron chi connectivity index (χ0n) is 12.3. The van der Waals surface area contributed by atoms with Gasteiger partial charge in [-0.3, -0.25) is 9.69 Å². The van der Waals surface area contributed by atoms with E-state index in [4.69, 9.17) is 4.74 Å². The third-order valence-electron chi connectivity index (χ3n) is 3.67. The molecule has 122 valence electrons. The van der Waals surface area contributed by atoms with Crippen LogP contribution in [0.3, 0.4) is 0 Å². The Kier molecular flexibility index (Phi) is 5.42. The van der Waals surface area contributed by atoms with Gasteiger partial charge in [-0.05, 0) is 17.7 Å². The minimum absolute atomic E-state index is 0.0536. The molecule has 1 aliphatic rings. The van der Waals surface area contributed by atoms with Gasteiger partial charge in [-0.2, -0.15) is 13.2 Å². The summed E-state index contributed by atoms with van der Waals surface area (Å²) in [5.74, 6) is -0.0536. The van der Waals surface area contributed by atoms with Crippen LogP contribution in [0.5, 0.6) is 0 Å². The molecule has 0 aromatic heterocycles. The molecule has 0 radical (unpaired) electrons. The first kappa shape index (κ1) is 16.8. The maximum absolute atomic E-state index is 12.8. The molecule has 0 unspecified atom stereocenters. The molecule has 1 N–H and O–H groups in total. The molecule has 1 aromatic rings. The molecule has 7 heteroatoms. The Morgan fingerprint density at radius 1 is 1.45 bits per heavy atom. The van der Waals surface area contributed by atoms with E-state index in [0.717, 1.165) is 12.1 Å². The normalized spacial score (nSPS) is 19.9. The van der Waals surface area contributed by atoms with Gasteiger partial charge in [-0.15, -0.1) is 0 Å². The Morgan fingerprint density at radius 3 is 2.91 bits per heavy atom. The SMILES string of the molecule is CNC(=O)CCN1CCO[C@@H](c2cccc(C(F)(F)F)c2)C1. The maximum atomic E-state index is 12.8. The summed E-state index contributed by atoms with van der Waals surface area (Å²) >= 11 is 0. The smallest absolute Gasteiger partial charge is 0.371 e. The number of carbonyl (C=O) groups is 1. The van der Waals surface area contributed by atoms with Gasteiger partial charge < -0.3 is 10.1 Å². The molecule has 1 aromatic carbocycles. The molecule has 2 rings (SSSR count). The number of rotatable bonds is 4. The van der Waals surface area contributed by atoms with Crippen LogP contribution in [0.1, 0.15) is 23.7 Å². The topological polar surface area (TPSA) is 41.6 Å². The number of hydrogen-bond acceptors (Lipinski definition) is 3. The van der Waals surface area contributed by atoms with E-state index >= 15 is 0 Å². The first-order chi connectivity index (χ1) is 10.4. The number of morpholine rings is 1. The number of carbonyl (C=O) groups excluding carboxylic acids is 1. The predicted octanol–water partition coefficient (Wildman–Crippen LogP) is 2.21. The second kappa shape index (κ2) is 7.11. The molecular formula is C15H19F3N2O2. The third kappa shape index (κ3) is 4.45. The van der Waals surface area contributed by atoms with Gasteiger partial charge in [0.15, 0.2) is 0 Å². The van der Waals surface area contributed by atoms with Crippen LogP contribution < -0.4 is 5.32 Å². The van der Waals surface area contributed by atoms with Crippen LogP contribution in [0.15, 0.2) is 24.3 Å². The monoisotopic (exact) mass is 316 g/mol. The molecule has 0 saturated carbocycles. The van der Waals surface area contributed by atoms with Crippen LogP contribution in [-0.2, 0) is 15.7 Å². The molecule has 0 aliphatic carbocycles. The van der Waals surface area contributed by atoms with Crippen molar-refractivity contribution in [2.45, 2.75) is 18.7 Å². The lowest BCUT2D eigenvalue weighted by Gasteiger charge is -2.33. The molecule has 1 amide bonds. The lowest BCUT2D eigenvalue weighted by atomic mass is 10.0. The van der Waals surface area contributed by atoms with E-state index in [1.807, 2.05) is 4.90 Å². The van der Waals surface area contributed by atoms with Crippen molar-refractivity contribution in [3.63, 3.8) is 0 Å². The van der Waals surface area contributed by atoms with Crippen molar-refractivity contribution in [2.24, 2.45) is 0 Å². The van der Waals surface area contributed by atoms with E-state index in [9.17, 15) is 18.0 Å². The first-order valence-electron chi connectivity index (χ1n) is 7.12. The molecule has 1 aliphatic heterocycles. The van der Waals surface area contributed by atoms with Crippen molar-refractivity contribution in [1.29, 1.82) is 0 Å². The highest BCUT2D eigenvalue weighted by molar-refractivity contribution is 5.75. The molecule has 1 heterocycles. The summed E-state index contributed by atoms with van der Waals surface area (Å²) in [5, 5.41) is 2.55. The second-order valence-corrected chi connectivity index (χ2v) is 5.21. The number of amides is 1. The molecule has 4 nitrogen and oxygen atoms in total. The van der Waals surface area contributed by atoms with Gasteiger partial charge in [-0.25, -0.2) is 0 Å². The minimum Gasteiger partial charge on any atom is -0.371 e. The summed E-state index contributed by atoms with van der Waals surface area (Å²) < 4.78 is 43.9. The highest BCUT2D eigenvalue weighted by Gasteiger charge is 2.31. The predicted molar refractivity (Wildman–Crippen MR) is 75.3 cm³/mol. The van der Waals surface area contributed by atoms with Gasteiger partial charge >= 0.3 is 6.18 Å². The van der Waals surface area contributed by atoms with E-state index in [2.05, 4.69) is 5.32 Å². The van der Waals surface area contributed by atoms with Crippen molar-refractivity contribution < 1.29 is 22.7 Å². The third-order valence-corrected chi connectivity index (χ3v) is 3.67. The number of alkyl halides is 3. The van der Waals surface area contributed by atoms with Crippen LogP contribution >= 0.6 is 0 Å². The zero-order valence-corrected chi connectivity index (χ0v) is 12.3. The van der Waals surface area contributed by atoms with Crippen molar-refractivity contribution in [2.75, 3.05) is 33.3 Å². The number of ether oxygens (including phenoxy) is 1. The largest absolute Gasteiger partial charge is 0.416 e. The van der Waals surface area contributed by atoms with E-state index in [0.29, 0.717) is 38.2 Å². The highest BCUT2D eigenvalue weighted by atomic mass is 19.4. The fourth-order valence-electron chi connectivity index (χ4n) is 2.41. The highest BCUT2D eigenvalue weighted by Crippen LogP contribution is 2.32. The average Bonchev–Trinajstić information content (AvgIpc) is 2.52. The van der Waals surface area contributed by atoms with E-state index < -0.39 is 17.8 Å². The molecule has 0 bridgehead atoms. The average molecular weight is 316 g/mol. The summed E-state index contributed by atoms with van der Waals surface area (Å²) in [7, 11) is 1.58. The lowest BCUT2D eigenvalue weighted by Crippen LogP contribution is -2.40. The fourth-order valence-corrected chi connectivity index (χ4v) is 2.41. The number of benzene rings is 1. The van der Waals surface area contributed by atoms with Crippen molar-refractivity contribution in [3.8, 4) is 0 Å². The summed E-state index contributed by atoms with van der Waals surface area (Å²) in [6, 6.07) is 5.22. The van der Waals surface area contributed by atoms with E-state index in [1.165, 1.54) is 6.07 Å². The Labute approximate surface area is 127 Å². The summed E-state index contributed by atoms with van der Waals surface area (Å²) in [5.41, 5.74) is -0.157. The summed E-state index contributed by atoms with van der Waals surface area (Å²) in [4.78, 5) is 13.3. The quantitative estimate of drug-likeness (QED) is 0.926. The molecule has 1 atom stereocenters. The standard InChI is InChI=1S/C15H19F3N2O2/c1-19-14(21)5-6-20-7-8-22-13(10-20)11-3-2-4-12(9-11)15(16,17)18/h2-4,9,13H,5-8,10H2,1H3,(H,19,21)/t13-/m1/s1. The number of hydrogen-bond donors (Lipinski definition) is 1. The van der Waals surface area contributed by atoms with Gasteiger partial charge in [-0.1, -0.05) is 12.1 Å². The van der Waals surface area contributed by atoms with Crippen molar-refractivity contribution in [1.82, 2.24) is 10.2 Å². The Hall–Kier alpha value is -1.60. The summed E-state index contributed by atoms with van der Waals surface area (Å²) in [6.07, 6.45) is -4.39. The van der Waals surface area contributed by atoms with Gasteiger partial charge in [0.25, 0.3) is 0 Å². The van der Waals surface area contributed by atoms with Crippen LogP contribution in [0.25, 0.3) is 0 Å². The number of nitrogens with zero attached hydrogens (tertiary/aromatic N) is 1. The molecule has 1 saturated heterocycles. The van der Waals surface area contributed by atoms with Crippen molar-refractivity contribution >= 4 is 5.91 Å². The number of nitrogens with one attached hydrogen (secondary N) is 1. The molecule has 0 spiro atoms. The number of halogens is 3. The lowest BCUT2D eigenvalue weighted by molar-refractivity contribution is -0.137. The molecule has 22 heavy (non-hydrogen) atoms. The van der Waals surface area contributed by atoms with Crippen LogP contribution in [0.4, 0.5) is 13.2 Å². The second-order valence-electron chi connectivity index (χ2n) is 5.21. The van der Waals surface area contributed by atoms with Crippen molar-refractivity contribution in [3.05, 3.63) is 35.4 Å². The van der Waals surface area contributed by atoms with Gasteiger partial charge in [0, 0.05) is 33.1 Å². The van der Waals surface area contributed by atoms with Gasteiger partial charge in [0.05, 0.1) is 18.3 Å². The first-order valence-corrected chi connectivity index (χ1v) is 7.12. The van der Waals surface area contributed by atoms with E-state index in [1.54, 1.807) is 13.1 Å². The molecule has 1 fully saturated rings. The van der Waals surface area contributed by atoms with Gasteiger partial charge in [0.2, 0.25) is 5.91 Å².